The summed E-state index contributed by atoms with van der Waals surface area (Å²) < 4.78 is 0. The number of hydrogen-bond acceptors (Lipinski definition) is 2. The highest BCUT2D eigenvalue weighted by molar-refractivity contribution is 4.90. The topological polar surface area (TPSA) is 23.5 Å². The summed E-state index contributed by atoms with van der Waals surface area (Å²) in [5, 5.41) is 10.2. The highest BCUT2D eigenvalue weighted by Crippen LogP contribution is 2.34. The summed E-state index contributed by atoms with van der Waals surface area (Å²) >= 11 is 0. The van der Waals surface area contributed by atoms with E-state index in [1.54, 1.807) is 0 Å². The third-order valence-electron chi connectivity index (χ3n) is 4.99. The van der Waals surface area contributed by atoms with Crippen LogP contribution < -0.4 is 0 Å². The zero-order valence-electron chi connectivity index (χ0n) is 12.1. The van der Waals surface area contributed by atoms with Gasteiger partial charge in [-0.1, -0.05) is 39.0 Å². The summed E-state index contributed by atoms with van der Waals surface area (Å²) in [4.78, 5) is 2.69. The fourth-order valence-corrected chi connectivity index (χ4v) is 3.94. The Morgan fingerprint density at radius 3 is 2.61 bits per heavy atom. The van der Waals surface area contributed by atoms with Crippen LogP contribution >= 0.6 is 0 Å². The van der Waals surface area contributed by atoms with E-state index in [9.17, 15) is 5.11 Å². The van der Waals surface area contributed by atoms with Gasteiger partial charge in [0.2, 0.25) is 0 Å². The zero-order chi connectivity index (χ0) is 12.8. The fraction of sp³-hybridized carbons (Fsp3) is 1.00. The van der Waals surface area contributed by atoms with E-state index in [2.05, 4.69) is 11.8 Å². The Labute approximate surface area is 113 Å². The molecule has 3 unspecified atom stereocenters. The summed E-state index contributed by atoms with van der Waals surface area (Å²) in [6.45, 7) is 4.82. The molecule has 1 aliphatic heterocycles. The van der Waals surface area contributed by atoms with Gasteiger partial charge >= 0.3 is 0 Å². The molecule has 0 aromatic carbocycles. The molecular weight excluding hydrogens is 222 g/mol. The van der Waals surface area contributed by atoms with Crippen LogP contribution in [0.4, 0.5) is 0 Å². The molecule has 1 N–H and O–H groups in total. The summed E-state index contributed by atoms with van der Waals surface area (Å²) in [5.74, 6) is 0.576. The molecule has 2 nitrogen and oxygen atoms in total. The van der Waals surface area contributed by atoms with Gasteiger partial charge in [-0.15, -0.1) is 0 Å². The van der Waals surface area contributed by atoms with Gasteiger partial charge in [0.25, 0.3) is 0 Å². The first kappa shape index (κ1) is 14.3. The van der Waals surface area contributed by atoms with Gasteiger partial charge in [-0.25, -0.2) is 0 Å². The molecule has 2 heteroatoms. The van der Waals surface area contributed by atoms with Crippen LogP contribution in [0.5, 0.6) is 0 Å². The second-order valence-corrected chi connectivity index (χ2v) is 6.32. The van der Waals surface area contributed by atoms with Crippen LogP contribution in [0.15, 0.2) is 0 Å². The molecule has 2 fully saturated rings. The highest BCUT2D eigenvalue weighted by atomic mass is 16.3. The lowest BCUT2D eigenvalue weighted by molar-refractivity contribution is 0.0218. The third-order valence-corrected chi connectivity index (χ3v) is 4.99. The quantitative estimate of drug-likeness (QED) is 0.731. The molecule has 0 radical (unpaired) electrons. The lowest BCUT2D eigenvalue weighted by Crippen LogP contribution is -2.42. The SMILES string of the molecule is CCCCCCN1CCCC1C1CCCCC1O. The Kier molecular flexibility index (Phi) is 5.97. The lowest BCUT2D eigenvalue weighted by Gasteiger charge is -2.37. The smallest absolute Gasteiger partial charge is 0.0583 e. The van der Waals surface area contributed by atoms with Gasteiger partial charge in [-0.2, -0.15) is 0 Å². The average Bonchev–Trinajstić information content (AvgIpc) is 2.83. The minimum absolute atomic E-state index is 0.0139. The van der Waals surface area contributed by atoms with Gasteiger partial charge < -0.3 is 10.0 Å². The minimum atomic E-state index is -0.0139. The number of hydrogen-bond donors (Lipinski definition) is 1. The Morgan fingerprint density at radius 1 is 1.00 bits per heavy atom. The van der Waals surface area contributed by atoms with Crippen LogP contribution in [0.2, 0.25) is 0 Å². The minimum Gasteiger partial charge on any atom is -0.393 e. The Morgan fingerprint density at radius 2 is 1.83 bits per heavy atom. The van der Waals surface area contributed by atoms with Crippen molar-refractivity contribution in [3.63, 3.8) is 0 Å². The predicted octanol–water partition coefficient (Wildman–Crippen LogP) is 3.58. The number of aliphatic hydroxyl groups is 1. The molecule has 2 rings (SSSR count). The molecule has 3 atom stereocenters. The summed E-state index contributed by atoms with van der Waals surface area (Å²) in [5.41, 5.74) is 0. The van der Waals surface area contributed by atoms with E-state index < -0.39 is 0 Å². The van der Waals surface area contributed by atoms with Crippen LogP contribution in [0.1, 0.15) is 71.1 Å². The first-order chi connectivity index (χ1) is 8.83. The molecule has 1 aliphatic carbocycles. The molecule has 18 heavy (non-hydrogen) atoms. The first-order valence-electron chi connectivity index (χ1n) is 8.25. The molecule has 0 aromatic rings. The van der Waals surface area contributed by atoms with Gasteiger partial charge in [0, 0.05) is 12.0 Å². The maximum absolute atomic E-state index is 10.2. The molecule has 1 saturated carbocycles. The highest BCUT2D eigenvalue weighted by Gasteiger charge is 2.36. The van der Waals surface area contributed by atoms with Crippen molar-refractivity contribution in [2.45, 2.75) is 83.3 Å². The van der Waals surface area contributed by atoms with Gasteiger partial charge in [-0.3, -0.25) is 0 Å². The second kappa shape index (κ2) is 7.49. The second-order valence-electron chi connectivity index (χ2n) is 6.32. The largest absolute Gasteiger partial charge is 0.393 e. The predicted molar refractivity (Wildman–Crippen MR) is 76.7 cm³/mol. The molecule has 2 aliphatic rings. The number of unbranched alkanes of at least 4 members (excludes halogenated alkanes) is 3. The summed E-state index contributed by atoms with van der Waals surface area (Å²) in [6.07, 6.45) is 13.0. The third kappa shape index (κ3) is 3.71. The molecule has 1 saturated heterocycles. The van der Waals surface area contributed by atoms with Gasteiger partial charge in [-0.05, 0) is 45.2 Å². The monoisotopic (exact) mass is 253 g/mol. The summed E-state index contributed by atoms with van der Waals surface area (Å²) in [6, 6.07) is 0.696. The number of nitrogens with zero attached hydrogens (tertiary/aromatic N) is 1. The molecule has 1 heterocycles. The van der Waals surface area contributed by atoms with Gasteiger partial charge in [0.1, 0.15) is 0 Å². The number of rotatable bonds is 6. The van der Waals surface area contributed by atoms with Gasteiger partial charge in [0.15, 0.2) is 0 Å². The van der Waals surface area contributed by atoms with Crippen LogP contribution in [0.25, 0.3) is 0 Å². The Hall–Kier alpha value is -0.0800. The van der Waals surface area contributed by atoms with E-state index in [1.165, 1.54) is 70.9 Å². The van der Waals surface area contributed by atoms with Crippen molar-refractivity contribution in [1.82, 2.24) is 4.90 Å². The maximum atomic E-state index is 10.2. The Balaban J connectivity index is 1.78. The lowest BCUT2D eigenvalue weighted by atomic mass is 9.80. The van der Waals surface area contributed by atoms with Crippen LogP contribution in [-0.4, -0.2) is 35.2 Å². The fourth-order valence-electron chi connectivity index (χ4n) is 3.94. The van der Waals surface area contributed by atoms with Crippen molar-refractivity contribution < 1.29 is 5.11 Å². The van der Waals surface area contributed by atoms with E-state index in [0.717, 1.165) is 6.42 Å². The van der Waals surface area contributed by atoms with E-state index in [0.29, 0.717) is 12.0 Å². The molecular formula is C16H31NO. The Bertz CT molecular complexity index is 231. The van der Waals surface area contributed by atoms with Crippen molar-refractivity contribution in [2.24, 2.45) is 5.92 Å². The van der Waals surface area contributed by atoms with Gasteiger partial charge in [0.05, 0.1) is 6.10 Å². The van der Waals surface area contributed by atoms with Crippen molar-refractivity contribution in [3.05, 3.63) is 0 Å². The maximum Gasteiger partial charge on any atom is 0.0583 e. The van der Waals surface area contributed by atoms with Crippen molar-refractivity contribution in [3.8, 4) is 0 Å². The molecule has 0 spiro atoms. The molecule has 0 amide bonds. The zero-order valence-corrected chi connectivity index (χ0v) is 12.1. The average molecular weight is 253 g/mol. The van der Waals surface area contributed by atoms with E-state index in [-0.39, 0.29) is 6.10 Å². The normalized spacial score (nSPS) is 34.0. The van der Waals surface area contributed by atoms with E-state index in [1.807, 2.05) is 0 Å². The van der Waals surface area contributed by atoms with Crippen LogP contribution in [-0.2, 0) is 0 Å². The van der Waals surface area contributed by atoms with Crippen molar-refractivity contribution >= 4 is 0 Å². The van der Waals surface area contributed by atoms with Crippen molar-refractivity contribution in [1.29, 1.82) is 0 Å². The number of aliphatic hydroxyl groups excluding tert-OH is 1. The van der Waals surface area contributed by atoms with Crippen LogP contribution in [0, 0.1) is 5.92 Å². The summed E-state index contributed by atoms with van der Waals surface area (Å²) in [7, 11) is 0. The molecule has 0 bridgehead atoms. The number of likely N-dealkylation sites (tertiary alicyclic amines) is 1. The van der Waals surface area contributed by atoms with E-state index >= 15 is 0 Å². The van der Waals surface area contributed by atoms with Crippen LogP contribution in [0.3, 0.4) is 0 Å². The van der Waals surface area contributed by atoms with E-state index in [4.69, 9.17) is 0 Å². The first-order valence-corrected chi connectivity index (χ1v) is 8.25. The molecule has 0 aromatic heterocycles. The standard InChI is InChI=1S/C16H31NO/c1-2-3-4-7-12-17-13-8-10-15(17)14-9-5-6-11-16(14)18/h14-16,18H,2-13H2,1H3. The van der Waals surface area contributed by atoms with Crippen molar-refractivity contribution in [2.75, 3.05) is 13.1 Å². The molecule has 106 valence electrons.